The van der Waals surface area contributed by atoms with E-state index in [-0.39, 0.29) is 5.91 Å². The second-order valence-corrected chi connectivity index (χ2v) is 6.59. The van der Waals surface area contributed by atoms with Crippen molar-refractivity contribution >= 4 is 34.2 Å². The van der Waals surface area contributed by atoms with Crippen molar-refractivity contribution in [2.24, 2.45) is 0 Å². The first-order valence-corrected chi connectivity index (χ1v) is 8.92. The fraction of sp³-hybridized carbons (Fsp3) is 0.333. The minimum atomic E-state index is 0.115. The molecule has 4 rings (SSSR count). The van der Waals surface area contributed by atoms with Crippen molar-refractivity contribution in [3.05, 3.63) is 47.6 Å². The maximum Gasteiger partial charge on any atom is 0.223 e. The van der Waals surface area contributed by atoms with Crippen molar-refractivity contribution in [1.82, 2.24) is 20.0 Å². The van der Waals surface area contributed by atoms with Gasteiger partial charge in [0.1, 0.15) is 17.9 Å². The molecule has 1 fully saturated rings. The molecule has 26 heavy (non-hydrogen) atoms. The number of benzene rings is 1. The van der Waals surface area contributed by atoms with E-state index in [0.29, 0.717) is 36.8 Å². The molecule has 0 unspecified atom stereocenters. The lowest BCUT2D eigenvalue weighted by Gasteiger charge is -2.35. The van der Waals surface area contributed by atoms with E-state index in [9.17, 15) is 4.79 Å². The van der Waals surface area contributed by atoms with Crippen LogP contribution < -0.4 is 4.90 Å². The second-order valence-electron chi connectivity index (χ2n) is 6.20. The van der Waals surface area contributed by atoms with E-state index in [0.717, 1.165) is 29.8 Å². The van der Waals surface area contributed by atoms with Crippen molar-refractivity contribution in [2.75, 3.05) is 31.1 Å². The third-order valence-electron chi connectivity index (χ3n) is 4.57. The number of para-hydroxylation sites is 1. The molecule has 134 valence electrons. The van der Waals surface area contributed by atoms with Crippen LogP contribution in [0.15, 0.2) is 41.2 Å². The zero-order chi connectivity index (χ0) is 17.9. The second kappa shape index (κ2) is 7.29. The molecule has 0 spiro atoms. The molecule has 2 aromatic heterocycles. The van der Waals surface area contributed by atoms with Crippen molar-refractivity contribution in [2.45, 2.75) is 12.8 Å². The van der Waals surface area contributed by atoms with E-state index in [2.05, 4.69) is 20.0 Å². The molecule has 0 aliphatic carbocycles. The average molecular weight is 372 g/mol. The molecule has 1 aliphatic heterocycles. The Bertz CT molecular complexity index is 915. The highest BCUT2D eigenvalue weighted by Crippen LogP contribution is 2.23. The van der Waals surface area contributed by atoms with Gasteiger partial charge in [-0.15, -0.1) is 0 Å². The van der Waals surface area contributed by atoms with Gasteiger partial charge in [0.15, 0.2) is 5.15 Å². The molecular weight excluding hydrogens is 354 g/mol. The van der Waals surface area contributed by atoms with Crippen LogP contribution in [0.4, 0.5) is 5.82 Å². The predicted molar refractivity (Wildman–Crippen MR) is 98.2 cm³/mol. The summed E-state index contributed by atoms with van der Waals surface area (Å²) < 4.78 is 5.04. The fourth-order valence-corrected chi connectivity index (χ4v) is 3.36. The summed E-state index contributed by atoms with van der Waals surface area (Å²) in [7, 11) is 0. The van der Waals surface area contributed by atoms with Crippen LogP contribution in [0.5, 0.6) is 0 Å². The average Bonchev–Trinajstić information content (AvgIpc) is 3.11. The van der Waals surface area contributed by atoms with Crippen LogP contribution in [0.1, 0.15) is 12.2 Å². The Hall–Kier alpha value is -2.67. The monoisotopic (exact) mass is 371 g/mol. The highest BCUT2D eigenvalue weighted by Gasteiger charge is 2.23. The number of amides is 1. The minimum absolute atomic E-state index is 0.115. The van der Waals surface area contributed by atoms with E-state index in [1.165, 1.54) is 0 Å². The number of aromatic nitrogens is 3. The van der Waals surface area contributed by atoms with Crippen molar-refractivity contribution in [3.63, 3.8) is 0 Å². The molecule has 1 aliphatic rings. The maximum atomic E-state index is 12.4. The number of anilines is 1. The summed E-state index contributed by atoms with van der Waals surface area (Å²) in [6.07, 6.45) is 2.50. The van der Waals surface area contributed by atoms with Crippen molar-refractivity contribution in [3.8, 4) is 0 Å². The van der Waals surface area contributed by atoms with Gasteiger partial charge in [-0.3, -0.25) is 4.79 Å². The molecule has 0 bridgehead atoms. The molecule has 3 aromatic rings. The highest BCUT2D eigenvalue weighted by molar-refractivity contribution is 6.29. The van der Waals surface area contributed by atoms with Gasteiger partial charge in [-0.25, -0.2) is 9.97 Å². The van der Waals surface area contributed by atoms with Crippen molar-refractivity contribution in [1.29, 1.82) is 0 Å². The number of aryl methyl sites for hydroxylation is 1. The Balaban J connectivity index is 1.37. The maximum absolute atomic E-state index is 12.4. The van der Waals surface area contributed by atoms with E-state index in [1.807, 2.05) is 29.2 Å². The van der Waals surface area contributed by atoms with Gasteiger partial charge in [-0.2, -0.15) is 0 Å². The van der Waals surface area contributed by atoms with Gasteiger partial charge < -0.3 is 14.3 Å². The molecule has 8 heteroatoms. The summed E-state index contributed by atoms with van der Waals surface area (Å²) in [6, 6.07) is 9.62. The number of nitrogens with zero attached hydrogens (tertiary/aromatic N) is 5. The van der Waals surface area contributed by atoms with E-state index in [1.54, 1.807) is 12.4 Å². The van der Waals surface area contributed by atoms with E-state index in [4.69, 9.17) is 16.1 Å². The third-order valence-corrected chi connectivity index (χ3v) is 4.75. The number of halogens is 1. The molecule has 0 N–H and O–H groups in total. The number of piperazine rings is 1. The van der Waals surface area contributed by atoms with Crippen LogP contribution in [-0.2, 0) is 11.2 Å². The molecular formula is C18H18ClN5O2. The normalized spacial score (nSPS) is 14.8. The number of carbonyl (C=O) groups excluding carboxylic acids is 1. The molecule has 3 heterocycles. The fourth-order valence-electron chi connectivity index (χ4n) is 3.20. The predicted octanol–water partition coefficient (Wildman–Crippen LogP) is 2.55. The largest absolute Gasteiger partial charge is 0.360 e. The molecule has 0 radical (unpaired) electrons. The lowest BCUT2D eigenvalue weighted by molar-refractivity contribution is -0.131. The van der Waals surface area contributed by atoms with Crippen LogP contribution in [0.3, 0.4) is 0 Å². The quantitative estimate of drug-likeness (QED) is 0.701. The van der Waals surface area contributed by atoms with E-state index >= 15 is 0 Å². The summed E-state index contributed by atoms with van der Waals surface area (Å²) in [4.78, 5) is 25.3. The zero-order valence-electron chi connectivity index (χ0n) is 14.1. The lowest BCUT2D eigenvalue weighted by Crippen LogP contribution is -2.49. The van der Waals surface area contributed by atoms with Gasteiger partial charge >= 0.3 is 0 Å². The summed E-state index contributed by atoms with van der Waals surface area (Å²) in [6.45, 7) is 2.85. The Morgan fingerprint density at radius 2 is 1.96 bits per heavy atom. The van der Waals surface area contributed by atoms with Crippen LogP contribution in [-0.4, -0.2) is 52.1 Å². The first-order chi connectivity index (χ1) is 12.7. The Morgan fingerprint density at radius 1 is 1.15 bits per heavy atom. The van der Waals surface area contributed by atoms with Gasteiger partial charge in [0.25, 0.3) is 0 Å². The summed E-state index contributed by atoms with van der Waals surface area (Å²) >= 11 is 5.72. The number of hydrogen-bond acceptors (Lipinski definition) is 6. The number of rotatable bonds is 4. The Morgan fingerprint density at radius 3 is 2.73 bits per heavy atom. The molecule has 0 atom stereocenters. The number of hydrogen-bond donors (Lipinski definition) is 0. The van der Waals surface area contributed by atoms with Crippen LogP contribution in [0.25, 0.3) is 10.9 Å². The van der Waals surface area contributed by atoms with Crippen molar-refractivity contribution < 1.29 is 9.32 Å². The Labute approximate surface area is 155 Å². The van der Waals surface area contributed by atoms with Crippen LogP contribution in [0.2, 0.25) is 5.15 Å². The lowest BCUT2D eigenvalue weighted by atomic mass is 10.2. The summed E-state index contributed by atoms with van der Waals surface area (Å²) in [5, 5.41) is 4.98. The Kier molecular flexibility index (Phi) is 4.71. The summed E-state index contributed by atoms with van der Waals surface area (Å²) in [5.41, 5.74) is 0.932. The molecule has 1 amide bonds. The summed E-state index contributed by atoms with van der Waals surface area (Å²) in [5.74, 6) is 1.68. The van der Waals surface area contributed by atoms with Gasteiger partial charge in [-0.05, 0) is 12.1 Å². The van der Waals surface area contributed by atoms with E-state index < -0.39 is 0 Å². The molecule has 7 nitrogen and oxygen atoms in total. The number of fused-ring (bicyclic) bond motifs is 1. The molecule has 0 saturated carbocycles. The van der Waals surface area contributed by atoms with Gasteiger partial charge in [0, 0.05) is 50.5 Å². The first kappa shape index (κ1) is 16.8. The smallest absolute Gasteiger partial charge is 0.223 e. The zero-order valence-corrected chi connectivity index (χ0v) is 14.9. The van der Waals surface area contributed by atoms with Gasteiger partial charge in [-0.1, -0.05) is 28.9 Å². The van der Waals surface area contributed by atoms with Gasteiger partial charge in [0.05, 0.1) is 5.52 Å². The third kappa shape index (κ3) is 3.48. The van der Waals surface area contributed by atoms with Crippen LogP contribution in [0, 0.1) is 0 Å². The first-order valence-electron chi connectivity index (χ1n) is 8.54. The molecule has 1 saturated heterocycles. The highest BCUT2D eigenvalue weighted by atomic mass is 35.5. The minimum Gasteiger partial charge on any atom is -0.360 e. The van der Waals surface area contributed by atoms with Gasteiger partial charge in [0.2, 0.25) is 5.91 Å². The topological polar surface area (TPSA) is 75.4 Å². The van der Waals surface area contributed by atoms with Crippen LogP contribution >= 0.6 is 11.6 Å². The standard InChI is InChI=1S/C18H18ClN5O2/c19-16-11-13(26-22-16)5-6-17(25)23-7-9-24(10-8-23)18-14-3-1-2-4-15(14)20-12-21-18/h1-4,11-12H,5-10H2. The number of carbonyl (C=O) groups is 1. The SMILES string of the molecule is O=C(CCc1cc(Cl)no1)N1CCN(c2ncnc3ccccc23)CC1. The molecule has 1 aromatic carbocycles.